The quantitative estimate of drug-likeness (QED) is 0.661. The van der Waals surface area contributed by atoms with Gasteiger partial charge in [-0.15, -0.1) is 0 Å². The van der Waals surface area contributed by atoms with Gasteiger partial charge in [0.15, 0.2) is 0 Å². The van der Waals surface area contributed by atoms with Gasteiger partial charge in [0, 0.05) is 15.3 Å². The Labute approximate surface area is 86.1 Å². The molecule has 0 aliphatic heterocycles. The molecule has 0 spiro atoms. The average Bonchev–Trinajstić information content (AvgIpc) is 2.62. The summed E-state index contributed by atoms with van der Waals surface area (Å²) in [6, 6.07) is 8.15. The molecule has 1 aromatic carbocycles. The molecule has 64 valence electrons. The van der Waals surface area contributed by atoms with Crippen LogP contribution in [-0.2, 0) is 5.41 Å². The molecule has 2 unspecified atom stereocenters. The largest absolute Gasteiger partial charge is 0.0881 e. The molecule has 1 aromatic rings. The highest BCUT2D eigenvalue weighted by molar-refractivity contribution is 9.09. The lowest BCUT2D eigenvalue weighted by molar-refractivity contribution is 0.795. The zero-order valence-corrected chi connectivity index (χ0v) is 9.19. The van der Waals surface area contributed by atoms with Crippen LogP contribution in [0, 0.1) is 0 Å². The standard InChI is InChI=1S/C10H10BrCl/c1-10(6-9(10)11)7-2-4-8(12)5-3-7/h2-5,9H,6H2,1H3. The fraction of sp³-hybridized carbons (Fsp3) is 0.400. The predicted octanol–water partition coefficient (Wildman–Crippen LogP) is 3.76. The molecule has 0 radical (unpaired) electrons. The number of benzene rings is 1. The highest BCUT2D eigenvalue weighted by atomic mass is 79.9. The molecule has 0 aromatic heterocycles. The van der Waals surface area contributed by atoms with E-state index >= 15 is 0 Å². The minimum Gasteiger partial charge on any atom is -0.0881 e. The summed E-state index contributed by atoms with van der Waals surface area (Å²) in [4.78, 5) is 0.645. The van der Waals surface area contributed by atoms with E-state index in [4.69, 9.17) is 11.6 Å². The first-order chi connectivity index (χ1) is 5.63. The average molecular weight is 246 g/mol. The molecule has 1 aliphatic carbocycles. The number of hydrogen-bond acceptors (Lipinski definition) is 0. The molecule has 0 heterocycles. The van der Waals surface area contributed by atoms with Gasteiger partial charge in [-0.3, -0.25) is 0 Å². The van der Waals surface area contributed by atoms with Gasteiger partial charge in [0.25, 0.3) is 0 Å². The van der Waals surface area contributed by atoms with Crippen molar-refractivity contribution < 1.29 is 0 Å². The maximum atomic E-state index is 5.81. The lowest BCUT2D eigenvalue weighted by Crippen LogP contribution is -2.02. The molecule has 0 amide bonds. The van der Waals surface area contributed by atoms with Gasteiger partial charge in [0.05, 0.1) is 0 Å². The maximum absolute atomic E-state index is 5.81. The molecule has 0 N–H and O–H groups in total. The van der Waals surface area contributed by atoms with Crippen molar-refractivity contribution in [2.75, 3.05) is 0 Å². The second kappa shape index (κ2) is 2.74. The second-order valence-corrected chi connectivity index (χ2v) is 5.14. The monoisotopic (exact) mass is 244 g/mol. The number of rotatable bonds is 1. The van der Waals surface area contributed by atoms with Crippen LogP contribution in [0.25, 0.3) is 0 Å². The van der Waals surface area contributed by atoms with Gasteiger partial charge < -0.3 is 0 Å². The number of halogens is 2. The zero-order chi connectivity index (χ0) is 8.77. The van der Waals surface area contributed by atoms with E-state index in [1.165, 1.54) is 12.0 Å². The smallest absolute Gasteiger partial charge is 0.0406 e. The Morgan fingerprint density at radius 1 is 1.42 bits per heavy atom. The molecule has 12 heavy (non-hydrogen) atoms. The molecule has 0 saturated heterocycles. The van der Waals surface area contributed by atoms with E-state index in [-0.39, 0.29) is 0 Å². The Morgan fingerprint density at radius 3 is 2.33 bits per heavy atom. The molecule has 0 bridgehead atoms. The third-order valence-electron chi connectivity index (χ3n) is 2.64. The van der Waals surface area contributed by atoms with Gasteiger partial charge in [0.2, 0.25) is 0 Å². The molecule has 2 rings (SSSR count). The highest BCUT2D eigenvalue weighted by Crippen LogP contribution is 2.52. The Hall–Kier alpha value is -0.0100. The summed E-state index contributed by atoms with van der Waals surface area (Å²) in [5.41, 5.74) is 1.73. The maximum Gasteiger partial charge on any atom is 0.0406 e. The molecule has 1 aliphatic rings. The summed E-state index contributed by atoms with van der Waals surface area (Å²) in [5.74, 6) is 0. The van der Waals surface area contributed by atoms with Crippen LogP contribution < -0.4 is 0 Å². The number of hydrogen-bond donors (Lipinski definition) is 0. The lowest BCUT2D eigenvalue weighted by atomic mass is 9.99. The third-order valence-corrected chi connectivity index (χ3v) is 4.22. The molecule has 1 saturated carbocycles. The molecular formula is C10H10BrCl. The minimum absolute atomic E-state index is 0.352. The first kappa shape index (κ1) is 8.58. The van der Waals surface area contributed by atoms with Crippen LogP contribution in [0.2, 0.25) is 5.02 Å². The zero-order valence-electron chi connectivity index (χ0n) is 6.85. The summed E-state index contributed by atoms with van der Waals surface area (Å²) < 4.78 is 0. The predicted molar refractivity (Wildman–Crippen MR) is 56.1 cm³/mol. The SMILES string of the molecule is CC1(c2ccc(Cl)cc2)CC1Br. The number of alkyl halides is 1. The fourth-order valence-corrected chi connectivity index (χ4v) is 2.51. The van der Waals surface area contributed by atoms with E-state index < -0.39 is 0 Å². The van der Waals surface area contributed by atoms with Gasteiger partial charge in [-0.05, 0) is 24.1 Å². The third kappa shape index (κ3) is 1.29. The van der Waals surface area contributed by atoms with Crippen molar-refractivity contribution in [3.8, 4) is 0 Å². The Morgan fingerprint density at radius 2 is 1.92 bits per heavy atom. The summed E-state index contributed by atoms with van der Waals surface area (Å²) in [7, 11) is 0. The lowest BCUT2D eigenvalue weighted by Gasteiger charge is -2.08. The van der Waals surface area contributed by atoms with Crippen LogP contribution in [0.5, 0.6) is 0 Å². The van der Waals surface area contributed by atoms with E-state index in [0.29, 0.717) is 10.2 Å². The minimum atomic E-state index is 0.352. The highest BCUT2D eigenvalue weighted by Gasteiger charge is 2.49. The van der Waals surface area contributed by atoms with Crippen LogP contribution in [0.15, 0.2) is 24.3 Å². The van der Waals surface area contributed by atoms with Crippen molar-refractivity contribution in [1.29, 1.82) is 0 Å². The van der Waals surface area contributed by atoms with Gasteiger partial charge in [-0.1, -0.05) is 46.6 Å². The molecule has 1 fully saturated rings. The summed E-state index contributed by atoms with van der Waals surface area (Å²) in [6.07, 6.45) is 1.23. The van der Waals surface area contributed by atoms with E-state index in [1.807, 2.05) is 12.1 Å². The van der Waals surface area contributed by atoms with Gasteiger partial charge in [0.1, 0.15) is 0 Å². The summed E-state index contributed by atoms with van der Waals surface area (Å²) in [6.45, 7) is 2.27. The second-order valence-electron chi connectivity index (χ2n) is 3.60. The van der Waals surface area contributed by atoms with E-state index in [1.54, 1.807) is 0 Å². The van der Waals surface area contributed by atoms with Crippen molar-refractivity contribution in [3.05, 3.63) is 34.9 Å². The first-order valence-electron chi connectivity index (χ1n) is 4.03. The van der Waals surface area contributed by atoms with E-state index in [9.17, 15) is 0 Å². The summed E-state index contributed by atoms with van der Waals surface area (Å²) >= 11 is 9.43. The van der Waals surface area contributed by atoms with Crippen LogP contribution in [-0.4, -0.2) is 4.83 Å². The van der Waals surface area contributed by atoms with Gasteiger partial charge in [-0.2, -0.15) is 0 Å². The van der Waals surface area contributed by atoms with Crippen molar-refractivity contribution in [2.24, 2.45) is 0 Å². The van der Waals surface area contributed by atoms with Crippen LogP contribution in [0.1, 0.15) is 18.9 Å². The summed E-state index contributed by atoms with van der Waals surface area (Å²) in [5, 5.41) is 0.814. The fourth-order valence-electron chi connectivity index (χ4n) is 1.44. The van der Waals surface area contributed by atoms with E-state index in [2.05, 4.69) is 35.0 Å². The topological polar surface area (TPSA) is 0 Å². The van der Waals surface area contributed by atoms with Gasteiger partial charge >= 0.3 is 0 Å². The van der Waals surface area contributed by atoms with E-state index in [0.717, 1.165) is 5.02 Å². The molecule has 2 heteroatoms. The van der Waals surface area contributed by atoms with Crippen molar-refractivity contribution in [2.45, 2.75) is 23.6 Å². The van der Waals surface area contributed by atoms with Crippen molar-refractivity contribution >= 4 is 27.5 Å². The first-order valence-corrected chi connectivity index (χ1v) is 5.32. The van der Waals surface area contributed by atoms with Crippen LogP contribution in [0.4, 0.5) is 0 Å². The van der Waals surface area contributed by atoms with Crippen molar-refractivity contribution in [3.63, 3.8) is 0 Å². The molecule has 0 nitrogen and oxygen atoms in total. The van der Waals surface area contributed by atoms with Crippen LogP contribution in [0.3, 0.4) is 0 Å². The molecular weight excluding hydrogens is 235 g/mol. The van der Waals surface area contributed by atoms with Crippen LogP contribution >= 0.6 is 27.5 Å². The molecule has 2 atom stereocenters. The Balaban J connectivity index is 2.31. The van der Waals surface area contributed by atoms with Crippen molar-refractivity contribution in [1.82, 2.24) is 0 Å². The van der Waals surface area contributed by atoms with Gasteiger partial charge in [-0.25, -0.2) is 0 Å². The normalized spacial score (nSPS) is 33.4. The Bertz CT molecular complexity index is 293. The Kier molecular flexibility index (Phi) is 1.96.